The molecule has 1 aliphatic rings. The van der Waals surface area contributed by atoms with Crippen molar-refractivity contribution in [2.45, 2.75) is 32.1 Å². The Kier molecular flexibility index (Phi) is 4.14. The third kappa shape index (κ3) is 3.30. The summed E-state index contributed by atoms with van der Waals surface area (Å²) in [6.07, 6.45) is 4.59. The van der Waals surface area contributed by atoms with Crippen LogP contribution in [0, 0.1) is 11.7 Å². The van der Waals surface area contributed by atoms with Gasteiger partial charge in [-0.15, -0.1) is 0 Å². The van der Waals surface area contributed by atoms with E-state index >= 15 is 0 Å². The van der Waals surface area contributed by atoms with Gasteiger partial charge in [-0.1, -0.05) is 18.9 Å². The van der Waals surface area contributed by atoms with Crippen LogP contribution in [0.4, 0.5) is 10.1 Å². The Balaban J connectivity index is 2.09. The first-order chi connectivity index (χ1) is 9.08. The molecule has 19 heavy (non-hydrogen) atoms. The number of hydrogen-bond acceptors (Lipinski definition) is 2. The number of carboxylic acid groups (broad SMARTS) is 1. The summed E-state index contributed by atoms with van der Waals surface area (Å²) in [4.78, 5) is 22.8. The molecule has 1 fully saturated rings. The van der Waals surface area contributed by atoms with E-state index in [9.17, 15) is 14.0 Å². The highest BCUT2D eigenvalue weighted by Crippen LogP contribution is 2.28. The van der Waals surface area contributed by atoms with Crippen LogP contribution in [0.2, 0.25) is 0 Å². The Morgan fingerprint density at radius 2 is 2.00 bits per heavy atom. The summed E-state index contributed by atoms with van der Waals surface area (Å²) in [6, 6.07) is 3.72. The number of carbonyl (C=O) groups excluding carboxylic acids is 1. The van der Waals surface area contributed by atoms with Gasteiger partial charge >= 0.3 is 5.97 Å². The normalized spacial score (nSPS) is 15.4. The van der Waals surface area contributed by atoms with Crippen LogP contribution < -0.4 is 5.32 Å². The third-order valence-electron chi connectivity index (χ3n) is 3.46. The number of halogens is 1. The fraction of sp³-hybridized carbons (Fsp3) is 0.429. The Labute approximate surface area is 110 Å². The van der Waals surface area contributed by atoms with Crippen molar-refractivity contribution in [2.75, 3.05) is 5.32 Å². The fourth-order valence-corrected chi connectivity index (χ4v) is 2.50. The standard InChI is InChI=1S/C14H16FNO3/c15-11-7-3-6-10(14(18)19)13(11)16-12(17)8-9-4-1-2-5-9/h3,6-7,9H,1-2,4-5,8H2,(H,16,17)(H,18,19). The number of carbonyl (C=O) groups is 2. The van der Waals surface area contributed by atoms with E-state index in [-0.39, 0.29) is 17.2 Å². The molecule has 2 N–H and O–H groups in total. The number of hydrogen-bond donors (Lipinski definition) is 2. The SMILES string of the molecule is O=C(CC1CCCC1)Nc1c(F)cccc1C(=O)O. The molecule has 0 spiro atoms. The van der Waals surface area contributed by atoms with Crippen LogP contribution in [0.3, 0.4) is 0 Å². The molecule has 2 rings (SSSR count). The van der Waals surface area contributed by atoms with Gasteiger partial charge < -0.3 is 10.4 Å². The highest BCUT2D eigenvalue weighted by molar-refractivity contribution is 6.00. The zero-order chi connectivity index (χ0) is 13.8. The molecule has 1 aromatic carbocycles. The van der Waals surface area contributed by atoms with Crippen molar-refractivity contribution in [3.8, 4) is 0 Å². The molecule has 5 heteroatoms. The summed E-state index contributed by atoms with van der Waals surface area (Å²) >= 11 is 0. The first-order valence-electron chi connectivity index (χ1n) is 6.39. The topological polar surface area (TPSA) is 66.4 Å². The maximum Gasteiger partial charge on any atom is 0.337 e. The van der Waals surface area contributed by atoms with E-state index < -0.39 is 11.8 Å². The van der Waals surface area contributed by atoms with Gasteiger partial charge in [0.1, 0.15) is 5.82 Å². The largest absolute Gasteiger partial charge is 0.478 e. The average molecular weight is 265 g/mol. The molecule has 0 atom stereocenters. The molecule has 0 saturated heterocycles. The number of benzene rings is 1. The van der Waals surface area contributed by atoms with Crippen LogP contribution in [0.1, 0.15) is 42.5 Å². The number of rotatable bonds is 4. The smallest absolute Gasteiger partial charge is 0.337 e. The van der Waals surface area contributed by atoms with E-state index in [1.54, 1.807) is 0 Å². The minimum Gasteiger partial charge on any atom is -0.478 e. The zero-order valence-electron chi connectivity index (χ0n) is 10.5. The molecule has 0 aliphatic heterocycles. The number of carboxylic acids is 1. The number of nitrogens with one attached hydrogen (secondary N) is 1. The maximum absolute atomic E-state index is 13.6. The van der Waals surface area contributed by atoms with Gasteiger partial charge in [0.2, 0.25) is 5.91 Å². The predicted octanol–water partition coefficient (Wildman–Crippen LogP) is 3.04. The predicted molar refractivity (Wildman–Crippen MR) is 68.6 cm³/mol. The highest BCUT2D eigenvalue weighted by Gasteiger charge is 2.21. The van der Waals surface area contributed by atoms with Crippen molar-refractivity contribution in [3.63, 3.8) is 0 Å². The van der Waals surface area contributed by atoms with E-state index in [4.69, 9.17) is 5.11 Å². The number of amides is 1. The maximum atomic E-state index is 13.6. The summed E-state index contributed by atoms with van der Waals surface area (Å²) in [5, 5.41) is 11.4. The molecule has 4 nitrogen and oxygen atoms in total. The molecule has 1 aromatic rings. The first-order valence-corrected chi connectivity index (χ1v) is 6.39. The van der Waals surface area contributed by atoms with Crippen LogP contribution >= 0.6 is 0 Å². The minimum absolute atomic E-state index is 0.222. The van der Waals surface area contributed by atoms with Crippen LogP contribution in [-0.4, -0.2) is 17.0 Å². The lowest BCUT2D eigenvalue weighted by Crippen LogP contribution is -2.18. The average Bonchev–Trinajstić information content (AvgIpc) is 2.84. The van der Waals surface area contributed by atoms with Gasteiger partial charge in [-0.2, -0.15) is 0 Å². The Morgan fingerprint density at radius 1 is 1.32 bits per heavy atom. The summed E-state index contributed by atoms with van der Waals surface area (Å²) in [5.41, 5.74) is -0.460. The van der Waals surface area contributed by atoms with E-state index in [0.29, 0.717) is 12.3 Å². The van der Waals surface area contributed by atoms with Gasteiger partial charge in [0, 0.05) is 6.42 Å². The van der Waals surface area contributed by atoms with Crippen LogP contribution in [0.25, 0.3) is 0 Å². The Morgan fingerprint density at radius 3 is 2.63 bits per heavy atom. The minimum atomic E-state index is -1.25. The summed E-state index contributed by atoms with van der Waals surface area (Å²) < 4.78 is 13.6. The van der Waals surface area contributed by atoms with Crippen molar-refractivity contribution in [1.82, 2.24) is 0 Å². The van der Waals surface area contributed by atoms with Gasteiger partial charge in [-0.3, -0.25) is 4.79 Å². The molecule has 1 saturated carbocycles. The Bertz CT molecular complexity index is 495. The zero-order valence-corrected chi connectivity index (χ0v) is 10.5. The quantitative estimate of drug-likeness (QED) is 0.879. The molecule has 0 heterocycles. The van der Waals surface area contributed by atoms with Gasteiger partial charge in [0.15, 0.2) is 0 Å². The van der Waals surface area contributed by atoms with Crippen LogP contribution in [0.15, 0.2) is 18.2 Å². The molecule has 0 radical (unpaired) electrons. The molecule has 0 unspecified atom stereocenters. The summed E-state index contributed by atoms with van der Waals surface area (Å²) in [6.45, 7) is 0. The Hall–Kier alpha value is -1.91. The highest BCUT2D eigenvalue weighted by atomic mass is 19.1. The van der Waals surface area contributed by atoms with Crippen molar-refractivity contribution in [2.24, 2.45) is 5.92 Å². The summed E-state index contributed by atoms with van der Waals surface area (Å²) in [5.74, 6) is -1.96. The number of anilines is 1. The molecular formula is C14H16FNO3. The van der Waals surface area contributed by atoms with Gasteiger partial charge in [0.05, 0.1) is 11.3 Å². The molecule has 0 bridgehead atoms. The third-order valence-corrected chi connectivity index (χ3v) is 3.46. The van der Waals surface area contributed by atoms with E-state index in [1.165, 1.54) is 12.1 Å². The van der Waals surface area contributed by atoms with Crippen molar-refractivity contribution in [3.05, 3.63) is 29.6 Å². The second kappa shape index (κ2) is 5.82. The van der Waals surface area contributed by atoms with Crippen LogP contribution in [-0.2, 0) is 4.79 Å². The van der Waals surface area contributed by atoms with Crippen molar-refractivity contribution in [1.29, 1.82) is 0 Å². The molecule has 1 amide bonds. The second-order valence-electron chi connectivity index (χ2n) is 4.87. The lowest BCUT2D eigenvalue weighted by Gasteiger charge is -2.12. The monoisotopic (exact) mass is 265 g/mol. The molecule has 102 valence electrons. The van der Waals surface area contributed by atoms with E-state index in [2.05, 4.69) is 5.32 Å². The van der Waals surface area contributed by atoms with E-state index in [0.717, 1.165) is 31.7 Å². The van der Waals surface area contributed by atoms with Crippen molar-refractivity contribution >= 4 is 17.6 Å². The van der Waals surface area contributed by atoms with Gasteiger partial charge in [-0.25, -0.2) is 9.18 Å². The van der Waals surface area contributed by atoms with Crippen molar-refractivity contribution < 1.29 is 19.1 Å². The van der Waals surface area contributed by atoms with Crippen LogP contribution in [0.5, 0.6) is 0 Å². The number of aromatic carboxylic acids is 1. The second-order valence-corrected chi connectivity index (χ2v) is 4.87. The van der Waals surface area contributed by atoms with Gasteiger partial charge in [-0.05, 0) is 30.9 Å². The molecule has 0 aromatic heterocycles. The molecule has 1 aliphatic carbocycles. The molecular weight excluding hydrogens is 249 g/mol. The lowest BCUT2D eigenvalue weighted by atomic mass is 10.0. The number of para-hydroxylation sites is 1. The van der Waals surface area contributed by atoms with Gasteiger partial charge in [0.25, 0.3) is 0 Å². The summed E-state index contributed by atoms with van der Waals surface area (Å²) in [7, 11) is 0. The first kappa shape index (κ1) is 13.5. The fourth-order valence-electron chi connectivity index (χ4n) is 2.50. The van der Waals surface area contributed by atoms with E-state index in [1.807, 2.05) is 0 Å². The lowest BCUT2D eigenvalue weighted by molar-refractivity contribution is -0.117.